The van der Waals surface area contributed by atoms with E-state index in [4.69, 9.17) is 0 Å². The lowest BCUT2D eigenvalue weighted by Gasteiger charge is -2.37. The average molecular weight is 591 g/mol. The van der Waals surface area contributed by atoms with Crippen molar-refractivity contribution in [2.24, 2.45) is 0 Å². The minimum Gasteiger partial charge on any atom is -0.308 e. The average Bonchev–Trinajstić information content (AvgIpc) is 3.69. The monoisotopic (exact) mass is 590 g/mol. The molecule has 44 heavy (non-hydrogen) atoms. The van der Waals surface area contributed by atoms with E-state index in [1.165, 1.54) is 29.5 Å². The van der Waals surface area contributed by atoms with E-state index >= 15 is 0 Å². The number of carbonyl (C=O) groups excluding carboxylic acids is 1. The van der Waals surface area contributed by atoms with Gasteiger partial charge in [0.25, 0.3) is 0 Å². The summed E-state index contributed by atoms with van der Waals surface area (Å²) in [6.45, 7) is 0. The Morgan fingerprint density at radius 1 is 0.705 bits per heavy atom. The van der Waals surface area contributed by atoms with Crippen LogP contribution in [-0.2, 0) is 0 Å². The molecule has 0 spiro atoms. The highest BCUT2D eigenvalue weighted by Gasteiger charge is 2.36. The summed E-state index contributed by atoms with van der Waals surface area (Å²) in [4.78, 5) is 20.0. The van der Waals surface area contributed by atoms with Gasteiger partial charge in [-0.15, -0.1) is 0 Å². The van der Waals surface area contributed by atoms with Gasteiger partial charge in [-0.2, -0.15) is 10.2 Å². The van der Waals surface area contributed by atoms with Crippen LogP contribution in [0.25, 0.3) is 22.3 Å². The number of pyridine rings is 2. The summed E-state index contributed by atoms with van der Waals surface area (Å²) in [6, 6.07) is 19.6. The van der Waals surface area contributed by atoms with Crippen molar-refractivity contribution in [2.75, 3.05) is 10.6 Å². The molecule has 0 radical (unpaired) electrons. The van der Waals surface area contributed by atoms with E-state index in [2.05, 4.69) is 41.0 Å². The van der Waals surface area contributed by atoms with Crippen molar-refractivity contribution in [2.45, 2.75) is 24.7 Å². The van der Waals surface area contributed by atoms with E-state index in [-0.39, 0.29) is 5.82 Å². The first kappa shape index (κ1) is 28.4. The highest BCUT2D eigenvalue weighted by molar-refractivity contribution is 6.01. The number of halogens is 2. The predicted molar refractivity (Wildman–Crippen MR) is 164 cm³/mol. The molecule has 9 nitrogen and oxygen atoms in total. The van der Waals surface area contributed by atoms with Crippen LogP contribution in [0.3, 0.4) is 0 Å². The lowest BCUT2D eigenvalue weighted by molar-refractivity contribution is 0.262. The van der Waals surface area contributed by atoms with E-state index in [0.29, 0.717) is 23.3 Å². The third-order valence-electron chi connectivity index (χ3n) is 7.56. The second-order valence-electron chi connectivity index (χ2n) is 10.3. The van der Waals surface area contributed by atoms with Crippen molar-refractivity contribution in [3.8, 4) is 22.3 Å². The number of urea groups is 1. The first-order valence-electron chi connectivity index (χ1n) is 14.0. The Hall–Kier alpha value is -5.71. The maximum atomic E-state index is 13.1. The Bertz CT molecular complexity index is 1820. The van der Waals surface area contributed by atoms with Crippen LogP contribution in [0.15, 0.2) is 110 Å². The number of aromatic amines is 2. The van der Waals surface area contributed by atoms with Crippen LogP contribution >= 0.6 is 0 Å². The molecule has 2 unspecified atom stereocenters. The minimum absolute atomic E-state index is 0.182. The molecule has 0 bridgehead atoms. The molecule has 4 aromatic heterocycles. The highest BCUT2D eigenvalue weighted by Crippen LogP contribution is 2.50. The SMILES string of the molecule is Fc1ccc(C2CCC2c2[nH]ncc2-c2ccncc2)cc1.O=C(Nc1cccc(F)c1)Nc1[nH]ncc1-c1ccncc1. The number of nitrogens with zero attached hydrogens (tertiary/aromatic N) is 4. The van der Waals surface area contributed by atoms with Gasteiger partial charge in [-0.3, -0.25) is 25.5 Å². The lowest BCUT2D eigenvalue weighted by atomic mass is 9.67. The molecule has 6 aromatic rings. The number of rotatable bonds is 6. The summed E-state index contributed by atoms with van der Waals surface area (Å²) in [5, 5.41) is 19.2. The summed E-state index contributed by atoms with van der Waals surface area (Å²) >= 11 is 0. The quantitative estimate of drug-likeness (QED) is 0.160. The van der Waals surface area contributed by atoms with Gasteiger partial charge in [-0.05, 0) is 90.0 Å². The van der Waals surface area contributed by atoms with E-state index in [9.17, 15) is 13.6 Å². The minimum atomic E-state index is -0.495. The van der Waals surface area contributed by atoms with Crippen LogP contribution in [0.4, 0.5) is 25.1 Å². The van der Waals surface area contributed by atoms with E-state index in [1.54, 1.807) is 61.3 Å². The fraction of sp³-hybridized carbons (Fsp3) is 0.121. The van der Waals surface area contributed by atoms with Gasteiger partial charge in [0.1, 0.15) is 17.5 Å². The van der Waals surface area contributed by atoms with Gasteiger partial charge in [-0.25, -0.2) is 13.6 Å². The van der Waals surface area contributed by atoms with Crippen molar-refractivity contribution in [3.05, 3.63) is 133 Å². The van der Waals surface area contributed by atoms with Gasteiger partial charge in [0.2, 0.25) is 0 Å². The lowest BCUT2D eigenvalue weighted by Crippen LogP contribution is -2.22. The standard InChI is InChI=1S/C18H16FN3.C15H12FN5O/c19-14-3-1-12(2-4-14)15-5-6-16(15)18-17(11-21-22-18)13-7-9-20-10-8-13;16-11-2-1-3-12(8-11)19-15(22)20-14-13(9-18-21-14)10-4-6-17-7-5-10/h1-4,7-11,15-16H,5-6H2,(H,21,22);1-9H,(H3,18,19,20,21,22). The predicted octanol–water partition coefficient (Wildman–Crippen LogP) is 7.53. The van der Waals surface area contributed by atoms with Crippen LogP contribution < -0.4 is 10.6 Å². The summed E-state index contributed by atoms with van der Waals surface area (Å²) in [5.41, 5.74) is 6.60. The number of hydrogen-bond acceptors (Lipinski definition) is 5. The molecule has 4 heterocycles. The molecule has 1 aliphatic carbocycles. The number of benzene rings is 2. The molecule has 2 amide bonds. The van der Waals surface area contributed by atoms with E-state index < -0.39 is 11.8 Å². The molecule has 220 valence electrons. The molecule has 0 saturated heterocycles. The van der Waals surface area contributed by atoms with Crippen LogP contribution in [-0.4, -0.2) is 36.4 Å². The fourth-order valence-corrected chi connectivity index (χ4v) is 5.27. The Balaban J connectivity index is 0.000000156. The Morgan fingerprint density at radius 2 is 1.34 bits per heavy atom. The van der Waals surface area contributed by atoms with Crippen molar-refractivity contribution < 1.29 is 13.6 Å². The van der Waals surface area contributed by atoms with Gasteiger partial charge in [0.05, 0.1) is 12.4 Å². The zero-order chi connectivity index (χ0) is 30.3. The van der Waals surface area contributed by atoms with E-state index in [1.807, 2.05) is 30.5 Å². The summed E-state index contributed by atoms with van der Waals surface area (Å²) in [7, 11) is 0. The van der Waals surface area contributed by atoms with Gasteiger partial charge < -0.3 is 5.32 Å². The summed E-state index contributed by atoms with van der Waals surface area (Å²) in [6.07, 6.45) is 12.6. The van der Waals surface area contributed by atoms with Crippen molar-refractivity contribution >= 4 is 17.5 Å². The molecule has 2 aromatic carbocycles. The second-order valence-corrected chi connectivity index (χ2v) is 10.3. The third-order valence-corrected chi connectivity index (χ3v) is 7.56. The van der Waals surface area contributed by atoms with Gasteiger partial charge in [-0.1, -0.05) is 18.2 Å². The normalized spacial score (nSPS) is 15.4. The number of anilines is 2. The van der Waals surface area contributed by atoms with Gasteiger partial charge in [0, 0.05) is 53.2 Å². The molecule has 2 atom stereocenters. The fourth-order valence-electron chi connectivity index (χ4n) is 5.27. The first-order valence-corrected chi connectivity index (χ1v) is 14.0. The maximum absolute atomic E-state index is 13.1. The number of carbonyl (C=O) groups is 1. The molecule has 0 aliphatic heterocycles. The Kier molecular flexibility index (Phi) is 8.44. The number of hydrogen-bond donors (Lipinski definition) is 4. The Morgan fingerprint density at radius 3 is 2.00 bits per heavy atom. The first-order chi connectivity index (χ1) is 21.5. The van der Waals surface area contributed by atoms with Crippen molar-refractivity contribution in [1.82, 2.24) is 30.4 Å². The number of amides is 2. The zero-order valence-corrected chi connectivity index (χ0v) is 23.4. The largest absolute Gasteiger partial charge is 0.324 e. The molecule has 1 aliphatic rings. The number of H-pyrrole nitrogens is 2. The van der Waals surface area contributed by atoms with Gasteiger partial charge in [0.15, 0.2) is 0 Å². The molecule has 1 saturated carbocycles. The van der Waals surface area contributed by atoms with Crippen molar-refractivity contribution in [3.63, 3.8) is 0 Å². The van der Waals surface area contributed by atoms with Crippen LogP contribution in [0, 0.1) is 11.6 Å². The van der Waals surface area contributed by atoms with Crippen LogP contribution in [0.1, 0.15) is 35.9 Å². The zero-order valence-electron chi connectivity index (χ0n) is 23.4. The molecular formula is C33H28F2N8O. The van der Waals surface area contributed by atoms with Gasteiger partial charge >= 0.3 is 6.03 Å². The smallest absolute Gasteiger partial charge is 0.308 e. The number of aromatic nitrogens is 6. The van der Waals surface area contributed by atoms with Crippen LogP contribution in [0.5, 0.6) is 0 Å². The van der Waals surface area contributed by atoms with E-state index in [0.717, 1.165) is 35.1 Å². The highest BCUT2D eigenvalue weighted by atomic mass is 19.1. The van der Waals surface area contributed by atoms with Crippen LogP contribution in [0.2, 0.25) is 0 Å². The topological polar surface area (TPSA) is 124 Å². The van der Waals surface area contributed by atoms with Crippen molar-refractivity contribution in [1.29, 1.82) is 0 Å². The molecular weight excluding hydrogens is 562 g/mol. The molecule has 7 rings (SSSR count). The summed E-state index contributed by atoms with van der Waals surface area (Å²) < 4.78 is 26.2. The summed E-state index contributed by atoms with van der Waals surface area (Å²) in [5.74, 6) is 0.688. The maximum Gasteiger partial charge on any atom is 0.324 e. The molecule has 11 heteroatoms. The molecule has 1 fully saturated rings. The third kappa shape index (κ3) is 6.51. The second kappa shape index (κ2) is 13.1. The Labute approximate surface area is 251 Å². The number of nitrogens with one attached hydrogen (secondary N) is 4. The molecule has 4 N–H and O–H groups in total.